The highest BCUT2D eigenvalue weighted by atomic mass is 28.3. The summed E-state index contributed by atoms with van der Waals surface area (Å²) in [5.41, 5.74) is 0. The highest BCUT2D eigenvalue weighted by Gasteiger charge is 2.13. The zero-order chi connectivity index (χ0) is 9.03. The maximum absolute atomic E-state index is 2.46. The van der Waals surface area contributed by atoms with Crippen molar-refractivity contribution < 1.29 is 0 Å². The van der Waals surface area contributed by atoms with Crippen molar-refractivity contribution in [3.8, 4) is 0 Å². The highest BCUT2D eigenvalue weighted by Crippen LogP contribution is 2.05. The van der Waals surface area contributed by atoms with Gasteiger partial charge in [0.05, 0.1) is 0 Å². The zero-order valence-corrected chi connectivity index (χ0v) is 10.7. The van der Waals surface area contributed by atoms with Gasteiger partial charge >= 0.3 is 20.4 Å². The van der Waals surface area contributed by atoms with Crippen LogP contribution in [0.25, 0.3) is 0 Å². The van der Waals surface area contributed by atoms with E-state index in [1.54, 1.807) is 3.69 Å². The fourth-order valence-corrected chi connectivity index (χ4v) is 5.92. The Bertz CT molecular complexity index is 225. The van der Waals surface area contributed by atoms with Crippen LogP contribution in [0.5, 0.6) is 0 Å². The summed E-state index contributed by atoms with van der Waals surface area (Å²) in [4.78, 5) is 0. The predicted octanol–water partition coefficient (Wildman–Crippen LogP) is 2.31. The maximum atomic E-state index is 2.46. The van der Waals surface area contributed by atoms with E-state index in [-0.39, 0.29) is 20.4 Å². The normalized spacial score (nSPS) is 10.9. The Morgan fingerprint density at radius 1 is 1.08 bits per heavy atom. The molecule has 1 rings (SSSR count). The molecule has 0 aliphatic carbocycles. The lowest BCUT2D eigenvalue weighted by Gasteiger charge is -2.14. The molecule has 12 heavy (non-hydrogen) atoms. The summed E-state index contributed by atoms with van der Waals surface area (Å²) in [7, 11) is -0.778. The molecule has 0 saturated carbocycles. The second-order valence-corrected chi connectivity index (χ2v) is 13.0. The molecule has 0 amide bonds. The fourth-order valence-electron chi connectivity index (χ4n) is 1.16. The molecule has 2 heteroatoms. The molecule has 0 heterocycles. The molecule has 0 aliphatic heterocycles. The van der Waals surface area contributed by atoms with Crippen LogP contribution in [0.3, 0.4) is 0 Å². The van der Waals surface area contributed by atoms with E-state index in [2.05, 4.69) is 50.0 Å². The lowest BCUT2D eigenvalue weighted by atomic mass is 10.4. The number of benzene rings is 1. The third-order valence-electron chi connectivity index (χ3n) is 2.01. The quantitative estimate of drug-likeness (QED) is 0.639. The van der Waals surface area contributed by atoms with Crippen LogP contribution in [-0.2, 0) is 0 Å². The van der Waals surface area contributed by atoms with Crippen molar-refractivity contribution in [1.29, 1.82) is 0 Å². The van der Waals surface area contributed by atoms with E-state index in [0.717, 1.165) is 0 Å². The van der Waals surface area contributed by atoms with Crippen LogP contribution < -0.4 is 3.69 Å². The largest absolute Gasteiger partial charge is 0.405 e. The van der Waals surface area contributed by atoms with Gasteiger partial charge in [0.1, 0.15) is 0 Å². The summed E-state index contributed by atoms with van der Waals surface area (Å²) in [5.74, 6) is 0. The molecule has 0 saturated heterocycles. The Labute approximate surface area is 86.1 Å². The molecule has 0 fully saturated rings. The van der Waals surface area contributed by atoms with E-state index in [4.69, 9.17) is 0 Å². The van der Waals surface area contributed by atoms with E-state index in [0.29, 0.717) is 0 Å². The first-order valence-corrected chi connectivity index (χ1v) is 10.0. The Morgan fingerprint density at radius 3 is 2.17 bits per heavy atom. The summed E-state index contributed by atoms with van der Waals surface area (Å²) in [6, 6.07) is 11.0. The van der Waals surface area contributed by atoms with Crippen molar-refractivity contribution in [3.05, 3.63) is 30.3 Å². The van der Waals surface area contributed by atoms with Gasteiger partial charge in [-0.15, -0.1) is 4.17 Å². The minimum Gasteiger partial charge on any atom is -0.174 e. The molecule has 0 unspecified atom stereocenters. The molecule has 0 aliphatic rings. The molecular formula is C10H16MgSi. The second kappa shape index (κ2) is 4.44. The van der Waals surface area contributed by atoms with Gasteiger partial charge in [0, 0.05) is 8.07 Å². The van der Waals surface area contributed by atoms with Crippen molar-refractivity contribution in [2.75, 3.05) is 0 Å². The van der Waals surface area contributed by atoms with Crippen molar-refractivity contribution in [2.24, 2.45) is 0 Å². The third kappa shape index (κ3) is 4.28. The number of hydrogen-bond donors (Lipinski definition) is 0. The van der Waals surface area contributed by atoms with Crippen LogP contribution in [0.15, 0.2) is 30.3 Å². The van der Waals surface area contributed by atoms with Gasteiger partial charge in [0.15, 0.2) is 0 Å². The van der Waals surface area contributed by atoms with Gasteiger partial charge in [0.25, 0.3) is 0 Å². The van der Waals surface area contributed by atoms with Gasteiger partial charge in [-0.2, -0.15) is 3.69 Å². The molecule has 0 bridgehead atoms. The van der Waals surface area contributed by atoms with E-state index in [9.17, 15) is 0 Å². The van der Waals surface area contributed by atoms with E-state index in [1.807, 2.05) is 0 Å². The van der Waals surface area contributed by atoms with Gasteiger partial charge in [-0.1, -0.05) is 50.0 Å². The lowest BCUT2D eigenvalue weighted by Crippen LogP contribution is -2.27. The average molecular weight is 189 g/mol. The van der Waals surface area contributed by atoms with E-state index in [1.165, 1.54) is 4.17 Å². The smallest absolute Gasteiger partial charge is 0.174 e. The van der Waals surface area contributed by atoms with Crippen molar-refractivity contribution in [1.82, 2.24) is 0 Å². The summed E-state index contributed by atoms with van der Waals surface area (Å²) < 4.78 is 3.16. The van der Waals surface area contributed by atoms with Crippen LogP contribution in [0.2, 0.25) is 23.8 Å². The standard InChI is InChI=1S/C6H5.C4H11Si.Mg/c1-2-4-6-5-3-1;1-5(2,3)4;/h1-5H;1H2,2-4H3;. The van der Waals surface area contributed by atoms with Crippen LogP contribution in [0.1, 0.15) is 0 Å². The van der Waals surface area contributed by atoms with Crippen molar-refractivity contribution in [3.63, 3.8) is 0 Å². The molecule has 1 aromatic carbocycles. The summed E-state index contributed by atoms with van der Waals surface area (Å²) in [5, 5.41) is 0. The van der Waals surface area contributed by atoms with Gasteiger partial charge in [-0.05, 0) is 0 Å². The maximum Gasteiger partial charge on any atom is 0.405 e. The summed E-state index contributed by atoms with van der Waals surface area (Å²) in [6.07, 6.45) is 0. The first-order chi connectivity index (χ1) is 5.58. The van der Waals surface area contributed by atoms with E-state index < -0.39 is 8.07 Å². The second-order valence-electron chi connectivity index (χ2n) is 4.55. The lowest BCUT2D eigenvalue weighted by molar-refractivity contribution is 1.63. The molecule has 0 atom stereocenters. The topological polar surface area (TPSA) is 0 Å². The third-order valence-corrected chi connectivity index (χ3v) is 10.1. The monoisotopic (exact) mass is 188 g/mol. The van der Waals surface area contributed by atoms with Gasteiger partial charge < -0.3 is 0 Å². The Morgan fingerprint density at radius 2 is 1.67 bits per heavy atom. The SMILES string of the molecule is C[Si](C)(C)[CH2][Mg][c]1ccccc1. The molecule has 0 nitrogen and oxygen atoms in total. The van der Waals surface area contributed by atoms with Gasteiger partial charge in [-0.25, -0.2) is 0 Å². The average Bonchev–Trinajstić information content (AvgIpc) is 2.02. The summed E-state index contributed by atoms with van der Waals surface area (Å²) in [6.45, 7) is 7.38. The Kier molecular flexibility index (Phi) is 3.81. The minimum absolute atomic E-state index is 0.0461. The molecule has 0 radical (unpaired) electrons. The van der Waals surface area contributed by atoms with E-state index >= 15 is 0 Å². The summed E-state index contributed by atoms with van der Waals surface area (Å²) >= 11 is 0.0461. The van der Waals surface area contributed by atoms with Gasteiger partial charge in [-0.3, -0.25) is 0 Å². The van der Waals surface area contributed by atoms with Crippen LogP contribution in [-0.4, -0.2) is 28.4 Å². The molecule has 0 N–H and O–H groups in total. The first-order valence-electron chi connectivity index (χ1n) is 4.62. The van der Waals surface area contributed by atoms with Gasteiger partial charge in [0.2, 0.25) is 0 Å². The molecular weight excluding hydrogens is 173 g/mol. The highest BCUT2D eigenvalue weighted by molar-refractivity contribution is 6.85. The van der Waals surface area contributed by atoms with Crippen LogP contribution in [0.4, 0.5) is 0 Å². The molecule has 62 valence electrons. The minimum atomic E-state index is -0.778. The number of hydrogen-bond acceptors (Lipinski definition) is 0. The first kappa shape index (κ1) is 10.3. The predicted molar refractivity (Wildman–Crippen MR) is 60.0 cm³/mol. The Hall–Kier alpha value is 0.203. The molecule has 1 aromatic rings. The molecule has 0 aromatic heterocycles. The van der Waals surface area contributed by atoms with Crippen molar-refractivity contribution in [2.45, 2.75) is 23.8 Å². The zero-order valence-electron chi connectivity index (χ0n) is 8.30. The van der Waals surface area contributed by atoms with Crippen LogP contribution >= 0.6 is 0 Å². The van der Waals surface area contributed by atoms with Crippen LogP contribution in [0, 0.1) is 0 Å². The number of rotatable bonds is 3. The Balaban J connectivity index is 2.44. The van der Waals surface area contributed by atoms with Crippen molar-refractivity contribution >= 4 is 32.1 Å². The fraction of sp³-hybridized carbons (Fsp3) is 0.400. The molecule has 0 spiro atoms.